The zero-order chi connectivity index (χ0) is 10.7. The average Bonchev–Trinajstić information content (AvgIpc) is 2.49. The van der Waals surface area contributed by atoms with Gasteiger partial charge in [-0.1, -0.05) is 0 Å². The van der Waals surface area contributed by atoms with Gasteiger partial charge in [0.05, 0.1) is 13.4 Å². The number of aliphatic carboxylic acids is 1. The van der Waals surface area contributed by atoms with Crippen molar-refractivity contribution in [2.75, 3.05) is 13.7 Å². The summed E-state index contributed by atoms with van der Waals surface area (Å²) in [6.45, 7) is 0.0974. The van der Waals surface area contributed by atoms with Crippen LogP contribution >= 0.6 is 0 Å². The molecule has 1 amide bonds. The Labute approximate surface area is 80.4 Å². The molecule has 78 valence electrons. The van der Waals surface area contributed by atoms with Gasteiger partial charge in [0.25, 0.3) is 0 Å². The lowest BCUT2D eigenvalue weighted by atomic mass is 10.2. The number of carboxylic acids is 1. The third kappa shape index (κ3) is 1.95. The summed E-state index contributed by atoms with van der Waals surface area (Å²) in [5.41, 5.74) is 0.669. The van der Waals surface area contributed by atoms with E-state index in [0.717, 1.165) is 4.90 Å². The minimum Gasteiger partial charge on any atom is -0.504 e. The lowest BCUT2D eigenvalue weighted by Crippen LogP contribution is -2.39. The van der Waals surface area contributed by atoms with Crippen molar-refractivity contribution in [3.63, 3.8) is 0 Å². The van der Waals surface area contributed by atoms with Crippen LogP contribution in [0, 0.1) is 0 Å². The van der Waals surface area contributed by atoms with Crippen molar-refractivity contribution >= 4 is 12.1 Å². The van der Waals surface area contributed by atoms with Crippen molar-refractivity contribution in [3.8, 4) is 0 Å². The van der Waals surface area contributed by atoms with E-state index in [4.69, 9.17) is 14.9 Å². The maximum Gasteiger partial charge on any atom is 0.408 e. The van der Waals surface area contributed by atoms with Gasteiger partial charge in [0.15, 0.2) is 0 Å². The van der Waals surface area contributed by atoms with Crippen molar-refractivity contribution in [3.05, 3.63) is 11.8 Å². The second kappa shape index (κ2) is 3.99. The highest BCUT2D eigenvalue weighted by atomic mass is 16.5. The van der Waals surface area contributed by atoms with E-state index in [0.29, 0.717) is 5.57 Å². The Morgan fingerprint density at radius 1 is 1.57 bits per heavy atom. The van der Waals surface area contributed by atoms with Crippen LogP contribution in [-0.4, -0.2) is 46.9 Å². The van der Waals surface area contributed by atoms with Crippen LogP contribution in [0.5, 0.6) is 0 Å². The van der Waals surface area contributed by atoms with Gasteiger partial charge in [-0.15, -0.1) is 0 Å². The molecule has 0 spiro atoms. The highest BCUT2D eigenvalue weighted by Gasteiger charge is 2.36. The molecule has 0 radical (unpaired) electrons. The molecule has 1 rings (SSSR count). The number of rotatable bonds is 2. The zero-order valence-corrected chi connectivity index (χ0v) is 7.64. The zero-order valence-electron chi connectivity index (χ0n) is 7.64. The fraction of sp³-hybridized carbons (Fsp3) is 0.500. The minimum atomic E-state index is -1.23. The van der Waals surface area contributed by atoms with Crippen LogP contribution < -0.4 is 0 Å². The molecular formula is C8H11NO5. The van der Waals surface area contributed by atoms with Gasteiger partial charge < -0.3 is 14.9 Å². The number of ether oxygens (including phenoxy) is 1. The second-order valence-corrected chi connectivity index (χ2v) is 2.98. The van der Waals surface area contributed by atoms with Crippen LogP contribution in [-0.2, 0) is 9.53 Å². The molecule has 0 aromatic heterocycles. The quantitative estimate of drug-likeness (QED) is 0.629. The van der Waals surface area contributed by atoms with Crippen LogP contribution in [0.2, 0.25) is 0 Å². The summed E-state index contributed by atoms with van der Waals surface area (Å²) in [5.74, 6) is -1.13. The number of hydrogen-bond donors (Lipinski definition) is 2. The molecule has 1 aliphatic rings. The summed E-state index contributed by atoms with van der Waals surface area (Å²) in [4.78, 5) is 22.2. The molecule has 1 saturated heterocycles. The van der Waals surface area contributed by atoms with Gasteiger partial charge in [0, 0.05) is 13.0 Å². The van der Waals surface area contributed by atoms with Gasteiger partial charge in [-0.2, -0.15) is 0 Å². The van der Waals surface area contributed by atoms with E-state index < -0.39 is 18.1 Å². The molecular weight excluding hydrogens is 190 g/mol. The minimum absolute atomic E-state index is 0.0974. The molecule has 1 heterocycles. The van der Waals surface area contributed by atoms with Crippen molar-refractivity contribution in [2.45, 2.75) is 12.5 Å². The molecule has 0 aromatic carbocycles. The molecule has 0 unspecified atom stereocenters. The smallest absolute Gasteiger partial charge is 0.408 e. The van der Waals surface area contributed by atoms with Gasteiger partial charge in [-0.25, -0.2) is 9.59 Å². The summed E-state index contributed by atoms with van der Waals surface area (Å²) in [5, 5.41) is 17.5. The lowest BCUT2D eigenvalue weighted by Gasteiger charge is -2.16. The molecule has 1 aliphatic heterocycles. The van der Waals surface area contributed by atoms with Crippen molar-refractivity contribution in [1.82, 2.24) is 4.90 Å². The number of hydrogen-bond acceptors (Lipinski definition) is 3. The Kier molecular flexibility index (Phi) is 2.95. The lowest BCUT2D eigenvalue weighted by molar-refractivity contribution is -0.141. The van der Waals surface area contributed by atoms with Crippen LogP contribution in [0.1, 0.15) is 6.42 Å². The van der Waals surface area contributed by atoms with E-state index in [1.54, 1.807) is 0 Å². The Balaban J connectivity index is 2.80. The molecule has 14 heavy (non-hydrogen) atoms. The normalized spacial score (nSPS) is 23.9. The van der Waals surface area contributed by atoms with Crippen LogP contribution in [0.15, 0.2) is 11.8 Å². The summed E-state index contributed by atoms with van der Waals surface area (Å²) >= 11 is 0. The first kappa shape index (κ1) is 10.4. The summed E-state index contributed by atoms with van der Waals surface area (Å²) in [7, 11) is 1.44. The first-order valence-corrected chi connectivity index (χ1v) is 3.99. The molecule has 0 bridgehead atoms. The maximum atomic E-state index is 10.7. The summed E-state index contributed by atoms with van der Waals surface area (Å²) in [6, 6.07) is -0.992. The largest absolute Gasteiger partial charge is 0.504 e. The monoisotopic (exact) mass is 201 g/mol. The third-order valence-corrected chi connectivity index (χ3v) is 2.02. The number of carboxylic acid groups (broad SMARTS) is 2. The average molecular weight is 201 g/mol. The predicted octanol–water partition coefficient (Wildman–Crippen LogP) is 0.354. The van der Waals surface area contributed by atoms with Gasteiger partial charge in [-0.05, 0) is 5.57 Å². The number of carbonyl (C=O) groups is 2. The number of amides is 1. The van der Waals surface area contributed by atoms with E-state index in [1.807, 2.05) is 0 Å². The number of nitrogens with zero attached hydrogens (tertiary/aromatic N) is 1. The highest BCUT2D eigenvalue weighted by Crippen LogP contribution is 2.22. The van der Waals surface area contributed by atoms with Crippen LogP contribution in [0.25, 0.3) is 0 Å². The van der Waals surface area contributed by atoms with Gasteiger partial charge >= 0.3 is 12.1 Å². The van der Waals surface area contributed by atoms with Gasteiger partial charge in [0.2, 0.25) is 0 Å². The van der Waals surface area contributed by atoms with E-state index >= 15 is 0 Å². The highest BCUT2D eigenvalue weighted by molar-refractivity contribution is 5.81. The van der Waals surface area contributed by atoms with Gasteiger partial charge in [-0.3, -0.25) is 4.90 Å². The fourth-order valence-corrected chi connectivity index (χ4v) is 1.43. The van der Waals surface area contributed by atoms with Crippen LogP contribution in [0.4, 0.5) is 4.79 Å². The molecule has 1 fully saturated rings. The Bertz CT molecular complexity index is 261. The van der Waals surface area contributed by atoms with Crippen molar-refractivity contribution in [2.24, 2.45) is 0 Å². The summed E-state index contributed by atoms with van der Waals surface area (Å²) < 4.78 is 4.71. The van der Waals surface area contributed by atoms with E-state index in [1.165, 1.54) is 13.4 Å². The van der Waals surface area contributed by atoms with Crippen molar-refractivity contribution < 1.29 is 24.5 Å². The van der Waals surface area contributed by atoms with E-state index in [-0.39, 0.29) is 13.0 Å². The number of likely N-dealkylation sites (tertiary alicyclic amines) is 1. The molecule has 1 atom stereocenters. The SMILES string of the molecule is COC=C1C[C@@H](C(=O)O)N(C(=O)O)C1. The standard InChI is InChI=1S/C8H11NO5/c1-14-4-5-2-6(7(10)11)9(3-5)8(12)13/h4,6H,2-3H2,1H3,(H,10,11)(H,12,13)/t6-/m0/s1. The maximum absolute atomic E-state index is 10.7. The topological polar surface area (TPSA) is 87.1 Å². The predicted molar refractivity (Wildman–Crippen MR) is 45.9 cm³/mol. The van der Waals surface area contributed by atoms with Gasteiger partial charge in [0.1, 0.15) is 6.04 Å². The van der Waals surface area contributed by atoms with E-state index in [2.05, 4.69) is 0 Å². The molecule has 0 aliphatic carbocycles. The first-order valence-electron chi connectivity index (χ1n) is 3.99. The number of methoxy groups -OCH3 is 1. The molecule has 2 N–H and O–H groups in total. The second-order valence-electron chi connectivity index (χ2n) is 2.98. The molecule has 0 aromatic rings. The Hall–Kier alpha value is -1.72. The molecule has 0 saturated carbocycles. The van der Waals surface area contributed by atoms with Crippen molar-refractivity contribution in [1.29, 1.82) is 0 Å². The fourth-order valence-electron chi connectivity index (χ4n) is 1.43. The Morgan fingerprint density at radius 3 is 2.57 bits per heavy atom. The summed E-state index contributed by atoms with van der Waals surface area (Å²) in [6.07, 6.45) is 0.353. The van der Waals surface area contributed by atoms with Crippen LogP contribution in [0.3, 0.4) is 0 Å². The van der Waals surface area contributed by atoms with E-state index in [9.17, 15) is 9.59 Å². The molecule has 6 nitrogen and oxygen atoms in total. The first-order chi connectivity index (χ1) is 6.56. The third-order valence-electron chi connectivity index (χ3n) is 2.02. The Morgan fingerprint density at radius 2 is 2.21 bits per heavy atom. The molecule has 6 heteroatoms.